The molecule has 0 aliphatic heterocycles. The maximum atomic E-state index is 14.0. The van der Waals surface area contributed by atoms with Crippen molar-refractivity contribution in [2.45, 2.75) is 13.5 Å². The van der Waals surface area contributed by atoms with E-state index in [2.05, 4.69) is 16.0 Å². The fourth-order valence-corrected chi connectivity index (χ4v) is 2.56. The van der Waals surface area contributed by atoms with Crippen LogP contribution in [0, 0.1) is 5.82 Å². The van der Waals surface area contributed by atoms with E-state index >= 15 is 0 Å². The van der Waals surface area contributed by atoms with Crippen molar-refractivity contribution in [3.63, 3.8) is 0 Å². The normalized spacial score (nSPS) is 10.3. The van der Waals surface area contributed by atoms with Crippen LogP contribution in [0.3, 0.4) is 0 Å². The van der Waals surface area contributed by atoms with Crippen molar-refractivity contribution < 1.29 is 23.2 Å². The Labute approximate surface area is 165 Å². The van der Waals surface area contributed by atoms with Gasteiger partial charge in [-0.25, -0.2) is 4.39 Å². The van der Waals surface area contributed by atoms with Gasteiger partial charge in [0, 0.05) is 24.8 Å². The van der Waals surface area contributed by atoms with Gasteiger partial charge in [0.2, 0.25) is 5.91 Å². The summed E-state index contributed by atoms with van der Waals surface area (Å²) >= 11 is 0. The first-order chi connectivity index (χ1) is 13.9. The Morgan fingerprint density at radius 1 is 0.931 bits per heavy atom. The lowest BCUT2D eigenvalue weighted by Gasteiger charge is -2.09. The van der Waals surface area contributed by atoms with Crippen molar-refractivity contribution >= 4 is 29.1 Å². The summed E-state index contributed by atoms with van der Waals surface area (Å²) in [5.41, 5.74) is 1.49. The monoisotopic (exact) mass is 395 g/mol. The molecule has 3 N–H and O–H groups in total. The van der Waals surface area contributed by atoms with Gasteiger partial charge in [0.1, 0.15) is 5.82 Å². The molecule has 0 saturated heterocycles. The third kappa shape index (κ3) is 5.29. The van der Waals surface area contributed by atoms with Crippen LogP contribution in [0.5, 0.6) is 0 Å². The molecule has 8 heteroatoms. The Morgan fingerprint density at radius 3 is 2.31 bits per heavy atom. The number of benzene rings is 2. The van der Waals surface area contributed by atoms with Gasteiger partial charge >= 0.3 is 0 Å². The van der Waals surface area contributed by atoms with E-state index in [-0.39, 0.29) is 29.7 Å². The van der Waals surface area contributed by atoms with Crippen molar-refractivity contribution in [3.8, 4) is 0 Å². The predicted octanol–water partition coefficient (Wildman–Crippen LogP) is 3.56. The summed E-state index contributed by atoms with van der Waals surface area (Å²) in [7, 11) is 0. The van der Waals surface area contributed by atoms with Crippen molar-refractivity contribution in [3.05, 3.63) is 83.6 Å². The number of rotatable bonds is 6. The first-order valence-electron chi connectivity index (χ1n) is 8.71. The van der Waals surface area contributed by atoms with E-state index in [1.165, 1.54) is 25.3 Å². The summed E-state index contributed by atoms with van der Waals surface area (Å²) in [6.45, 7) is 1.48. The van der Waals surface area contributed by atoms with E-state index in [4.69, 9.17) is 4.42 Å². The average molecular weight is 395 g/mol. The van der Waals surface area contributed by atoms with E-state index in [9.17, 15) is 18.8 Å². The fourth-order valence-electron chi connectivity index (χ4n) is 2.56. The Kier molecular flexibility index (Phi) is 6.03. The number of nitrogens with one attached hydrogen (secondary N) is 3. The van der Waals surface area contributed by atoms with Crippen LogP contribution >= 0.6 is 0 Å². The number of hydrogen-bond donors (Lipinski definition) is 3. The van der Waals surface area contributed by atoms with E-state index in [1.54, 1.807) is 36.4 Å². The van der Waals surface area contributed by atoms with Crippen molar-refractivity contribution in [2.75, 3.05) is 10.6 Å². The lowest BCUT2D eigenvalue weighted by atomic mass is 10.1. The minimum atomic E-state index is -0.687. The molecular weight excluding hydrogens is 377 g/mol. The van der Waals surface area contributed by atoms with Crippen molar-refractivity contribution in [1.29, 1.82) is 0 Å². The van der Waals surface area contributed by atoms with Crippen LogP contribution in [0.15, 0.2) is 65.3 Å². The molecule has 3 aromatic rings. The van der Waals surface area contributed by atoms with E-state index in [1.807, 2.05) is 0 Å². The molecule has 148 valence electrons. The molecule has 1 heterocycles. The van der Waals surface area contributed by atoms with Gasteiger partial charge in [-0.2, -0.15) is 0 Å². The molecule has 0 bridgehead atoms. The summed E-state index contributed by atoms with van der Waals surface area (Å²) < 4.78 is 19.0. The van der Waals surface area contributed by atoms with Crippen LogP contribution in [0.25, 0.3) is 0 Å². The van der Waals surface area contributed by atoms with Crippen molar-refractivity contribution in [1.82, 2.24) is 5.32 Å². The highest BCUT2D eigenvalue weighted by atomic mass is 19.1. The molecule has 0 aliphatic rings. The fraction of sp³-hybridized carbons (Fsp3) is 0.0952. The minimum Gasteiger partial charge on any atom is -0.459 e. The zero-order chi connectivity index (χ0) is 20.8. The molecule has 29 heavy (non-hydrogen) atoms. The topological polar surface area (TPSA) is 100 Å². The summed E-state index contributed by atoms with van der Waals surface area (Å²) in [6.07, 6.45) is 1.41. The first-order valence-corrected chi connectivity index (χ1v) is 8.71. The molecule has 0 aliphatic carbocycles. The van der Waals surface area contributed by atoms with Crippen molar-refractivity contribution in [2.24, 2.45) is 0 Å². The number of carbonyl (C=O) groups is 3. The van der Waals surface area contributed by atoms with E-state index in [0.29, 0.717) is 11.4 Å². The highest BCUT2D eigenvalue weighted by molar-refractivity contribution is 6.02. The molecule has 0 atom stereocenters. The van der Waals surface area contributed by atoms with Gasteiger partial charge < -0.3 is 20.4 Å². The molecule has 3 rings (SSSR count). The highest BCUT2D eigenvalue weighted by Crippen LogP contribution is 2.16. The third-order valence-electron chi connectivity index (χ3n) is 3.94. The van der Waals surface area contributed by atoms with Crippen LogP contribution in [-0.4, -0.2) is 17.7 Å². The Morgan fingerprint density at radius 2 is 1.66 bits per heavy atom. The zero-order valence-corrected chi connectivity index (χ0v) is 15.5. The number of carbonyl (C=O) groups excluding carboxylic acids is 3. The van der Waals surface area contributed by atoms with E-state index < -0.39 is 11.7 Å². The molecular formula is C21H18FN3O4. The molecule has 7 nitrogen and oxygen atoms in total. The number of amides is 3. The average Bonchev–Trinajstić information content (AvgIpc) is 3.23. The first kappa shape index (κ1) is 19.8. The van der Waals surface area contributed by atoms with Crippen LogP contribution < -0.4 is 16.0 Å². The van der Waals surface area contributed by atoms with Gasteiger partial charge in [-0.1, -0.05) is 12.1 Å². The second-order valence-corrected chi connectivity index (χ2v) is 6.19. The summed E-state index contributed by atoms with van der Waals surface area (Å²) in [5, 5.41) is 7.82. The van der Waals surface area contributed by atoms with Crippen LogP contribution in [0.4, 0.5) is 15.8 Å². The third-order valence-corrected chi connectivity index (χ3v) is 3.94. The number of halogens is 1. The van der Waals surface area contributed by atoms with Crippen LogP contribution in [0.1, 0.15) is 33.4 Å². The second kappa shape index (κ2) is 8.83. The second-order valence-electron chi connectivity index (χ2n) is 6.19. The van der Waals surface area contributed by atoms with Gasteiger partial charge in [0.05, 0.1) is 11.8 Å². The Balaban J connectivity index is 1.59. The largest absolute Gasteiger partial charge is 0.459 e. The maximum Gasteiger partial charge on any atom is 0.291 e. The SMILES string of the molecule is CC(=O)Nc1ccc(F)c(C(=O)NCc2ccc(NC(=O)c3ccco3)cc2)c1. The maximum absolute atomic E-state index is 14.0. The standard InChI is InChI=1S/C21H18FN3O4/c1-13(26)24-16-8-9-18(22)17(11-16)20(27)23-12-14-4-6-15(7-5-14)25-21(28)19-3-2-10-29-19/h2-11H,12H2,1H3,(H,23,27)(H,24,26)(H,25,28). The molecule has 0 saturated carbocycles. The van der Waals surface area contributed by atoms with Gasteiger partial charge in [-0.15, -0.1) is 0 Å². The lowest BCUT2D eigenvalue weighted by Crippen LogP contribution is -2.24. The number of furan rings is 1. The van der Waals surface area contributed by atoms with E-state index in [0.717, 1.165) is 11.6 Å². The zero-order valence-electron chi connectivity index (χ0n) is 15.5. The minimum absolute atomic E-state index is 0.162. The van der Waals surface area contributed by atoms with Crippen LogP contribution in [0.2, 0.25) is 0 Å². The van der Waals surface area contributed by atoms with Gasteiger partial charge in [0.15, 0.2) is 5.76 Å². The van der Waals surface area contributed by atoms with Gasteiger partial charge in [-0.05, 0) is 48.0 Å². The number of hydrogen-bond acceptors (Lipinski definition) is 4. The molecule has 2 aromatic carbocycles. The highest BCUT2D eigenvalue weighted by Gasteiger charge is 2.13. The molecule has 0 spiro atoms. The quantitative estimate of drug-likeness (QED) is 0.594. The van der Waals surface area contributed by atoms with Gasteiger partial charge in [0.25, 0.3) is 11.8 Å². The molecule has 0 unspecified atom stereocenters. The summed E-state index contributed by atoms with van der Waals surface area (Å²) in [4.78, 5) is 35.3. The Hall–Kier alpha value is -3.94. The number of anilines is 2. The lowest BCUT2D eigenvalue weighted by molar-refractivity contribution is -0.114. The molecule has 3 amide bonds. The smallest absolute Gasteiger partial charge is 0.291 e. The molecule has 0 radical (unpaired) electrons. The Bertz CT molecular complexity index is 1030. The molecule has 0 fully saturated rings. The molecule has 1 aromatic heterocycles. The summed E-state index contributed by atoms with van der Waals surface area (Å²) in [6, 6.07) is 13.8. The van der Waals surface area contributed by atoms with Gasteiger partial charge in [-0.3, -0.25) is 14.4 Å². The summed E-state index contributed by atoms with van der Waals surface area (Å²) in [5.74, 6) is -1.78. The predicted molar refractivity (Wildman–Crippen MR) is 105 cm³/mol. The van der Waals surface area contributed by atoms with Crippen LogP contribution in [-0.2, 0) is 11.3 Å².